The molecule has 3 aromatic rings. The largest absolute Gasteiger partial charge is 0.444 e. The second-order valence-corrected chi connectivity index (χ2v) is 12.0. The van der Waals surface area contributed by atoms with E-state index < -0.39 is 0 Å². The summed E-state index contributed by atoms with van der Waals surface area (Å²) in [5.74, 6) is -0.146. The number of nitrogens with zero attached hydrogens (tertiary/aromatic N) is 7. The molecule has 5 heterocycles. The topological polar surface area (TPSA) is 125 Å². The molecule has 0 bridgehead atoms. The molecule has 2 aromatic heterocycles. The molecule has 12 nitrogen and oxygen atoms in total. The van der Waals surface area contributed by atoms with Gasteiger partial charge < -0.3 is 30.5 Å². The Hall–Kier alpha value is -4.16. The van der Waals surface area contributed by atoms with Crippen molar-refractivity contribution in [3.05, 3.63) is 60.0 Å². The molecule has 228 valence electrons. The Kier molecular flexibility index (Phi) is 8.48. The monoisotopic (exact) mass is 587 g/mol. The fraction of sp³-hybridized carbons (Fsp3) is 0.484. The van der Waals surface area contributed by atoms with Gasteiger partial charge in [0.15, 0.2) is 0 Å². The lowest BCUT2D eigenvalue weighted by molar-refractivity contribution is 0.0761. The molecule has 3 aliphatic rings. The fourth-order valence-corrected chi connectivity index (χ4v) is 6.08. The third kappa shape index (κ3) is 6.91. The molecule has 0 radical (unpaired) electrons. The molecule has 3 aliphatic heterocycles. The average Bonchev–Trinajstić information content (AvgIpc) is 3.76. The molecule has 0 spiro atoms. The van der Waals surface area contributed by atoms with E-state index in [0.29, 0.717) is 31.6 Å². The van der Waals surface area contributed by atoms with Gasteiger partial charge in [-0.15, -0.1) is 0 Å². The molecule has 43 heavy (non-hydrogen) atoms. The van der Waals surface area contributed by atoms with E-state index in [1.165, 1.54) is 11.3 Å². The molecule has 2 atom stereocenters. The smallest absolute Gasteiger partial charge is 0.410 e. The maximum absolute atomic E-state index is 13.1. The van der Waals surface area contributed by atoms with Gasteiger partial charge in [0.05, 0.1) is 18.3 Å². The zero-order valence-corrected chi connectivity index (χ0v) is 25.0. The predicted molar refractivity (Wildman–Crippen MR) is 165 cm³/mol. The zero-order valence-electron chi connectivity index (χ0n) is 25.0. The zero-order chi connectivity index (χ0) is 29.9. The fourth-order valence-electron chi connectivity index (χ4n) is 6.08. The number of pyridine rings is 1. The maximum Gasteiger partial charge on any atom is 0.410 e. The molecule has 3 saturated heterocycles. The molecule has 2 amide bonds. The van der Waals surface area contributed by atoms with E-state index in [9.17, 15) is 9.59 Å². The summed E-state index contributed by atoms with van der Waals surface area (Å²) in [6.45, 7) is 7.80. The van der Waals surface area contributed by atoms with Crippen LogP contribution in [0, 0.1) is 0 Å². The Balaban J connectivity index is 0.983. The number of anilines is 2. The van der Waals surface area contributed by atoms with Gasteiger partial charge in [0.1, 0.15) is 11.9 Å². The van der Waals surface area contributed by atoms with Crippen LogP contribution in [0.1, 0.15) is 28.8 Å². The van der Waals surface area contributed by atoms with Gasteiger partial charge in [-0.2, -0.15) is 5.10 Å². The van der Waals surface area contributed by atoms with Gasteiger partial charge in [-0.1, -0.05) is 12.1 Å². The normalized spacial score (nSPS) is 21.3. The third-order valence-corrected chi connectivity index (χ3v) is 8.67. The number of aromatic nitrogens is 3. The lowest BCUT2D eigenvalue weighted by Crippen LogP contribution is -2.43. The first-order valence-corrected chi connectivity index (χ1v) is 15.1. The lowest BCUT2D eigenvalue weighted by Gasteiger charge is -2.32. The number of hydrogen-bond acceptors (Lipinski definition) is 9. The summed E-state index contributed by atoms with van der Waals surface area (Å²) in [6.07, 6.45) is 6.15. The number of nitrogen functional groups attached to an aromatic ring is 1. The van der Waals surface area contributed by atoms with Gasteiger partial charge in [0.2, 0.25) is 0 Å². The number of hydrogen-bond donors (Lipinski definition) is 2. The first-order valence-electron chi connectivity index (χ1n) is 15.1. The van der Waals surface area contributed by atoms with Crippen LogP contribution >= 0.6 is 0 Å². The SMILES string of the molecule is CN1CCN(Cc2cccc(N3CC[C@H](OC(=O)N4CC[C@@H](NC(=O)c5cc(-c6cnn(C)c6)cnc5N)C4)C3)c2)CC1. The van der Waals surface area contributed by atoms with E-state index in [1.807, 2.05) is 13.2 Å². The van der Waals surface area contributed by atoms with Crippen molar-refractivity contribution in [3.8, 4) is 11.1 Å². The molecule has 0 unspecified atom stereocenters. The van der Waals surface area contributed by atoms with E-state index in [4.69, 9.17) is 10.5 Å². The minimum Gasteiger partial charge on any atom is -0.444 e. The summed E-state index contributed by atoms with van der Waals surface area (Å²) >= 11 is 0. The first kappa shape index (κ1) is 28.9. The molecule has 1 aromatic carbocycles. The number of nitrogens with one attached hydrogen (secondary N) is 1. The van der Waals surface area contributed by atoms with Crippen LogP contribution in [-0.4, -0.2) is 113 Å². The molecule has 12 heteroatoms. The van der Waals surface area contributed by atoms with Crippen molar-refractivity contribution in [2.45, 2.75) is 31.5 Å². The lowest BCUT2D eigenvalue weighted by atomic mass is 10.1. The Morgan fingerprint density at radius 1 is 1.00 bits per heavy atom. The van der Waals surface area contributed by atoms with Crippen LogP contribution in [0.15, 0.2) is 48.9 Å². The van der Waals surface area contributed by atoms with Gasteiger partial charge in [-0.05, 0) is 37.2 Å². The van der Waals surface area contributed by atoms with Crippen molar-refractivity contribution >= 4 is 23.5 Å². The summed E-state index contributed by atoms with van der Waals surface area (Å²) < 4.78 is 7.60. The summed E-state index contributed by atoms with van der Waals surface area (Å²) in [5, 5.41) is 7.20. The van der Waals surface area contributed by atoms with Crippen LogP contribution in [0.4, 0.5) is 16.3 Å². The highest BCUT2D eigenvalue weighted by Crippen LogP contribution is 2.25. The minimum absolute atomic E-state index is 0.162. The number of aryl methyl sites for hydroxylation is 1. The maximum atomic E-state index is 13.1. The first-order chi connectivity index (χ1) is 20.8. The molecule has 0 saturated carbocycles. The van der Waals surface area contributed by atoms with Crippen LogP contribution < -0.4 is 16.0 Å². The van der Waals surface area contributed by atoms with E-state index in [0.717, 1.165) is 56.8 Å². The predicted octanol–water partition coefficient (Wildman–Crippen LogP) is 2.03. The molecule has 3 fully saturated rings. The number of likely N-dealkylation sites (N-methyl/N-ethyl adjacent to an activating group) is 1. The molecule has 0 aliphatic carbocycles. The van der Waals surface area contributed by atoms with Crippen LogP contribution in [-0.2, 0) is 18.3 Å². The average molecular weight is 588 g/mol. The van der Waals surface area contributed by atoms with Crippen LogP contribution in [0.25, 0.3) is 11.1 Å². The number of carbonyl (C=O) groups is 2. The summed E-state index contributed by atoms with van der Waals surface area (Å²) in [7, 11) is 4.01. The van der Waals surface area contributed by atoms with Crippen LogP contribution in [0.3, 0.4) is 0 Å². The Morgan fingerprint density at radius 3 is 2.63 bits per heavy atom. The number of piperazine rings is 1. The van der Waals surface area contributed by atoms with Crippen molar-refractivity contribution in [3.63, 3.8) is 0 Å². The number of nitrogens with two attached hydrogens (primary N) is 1. The van der Waals surface area contributed by atoms with E-state index >= 15 is 0 Å². The molecule has 6 rings (SSSR count). The number of carbonyl (C=O) groups excluding carboxylic acids is 2. The van der Waals surface area contributed by atoms with Crippen molar-refractivity contribution in [1.29, 1.82) is 0 Å². The van der Waals surface area contributed by atoms with E-state index in [2.05, 4.69) is 61.4 Å². The van der Waals surface area contributed by atoms with Gasteiger partial charge in [-0.25, -0.2) is 9.78 Å². The Labute approximate surface area is 252 Å². The molecular formula is C31H41N9O3. The highest BCUT2D eigenvalue weighted by Gasteiger charge is 2.33. The summed E-state index contributed by atoms with van der Waals surface area (Å²) in [5.41, 5.74) is 10.4. The minimum atomic E-state index is -0.327. The van der Waals surface area contributed by atoms with Crippen molar-refractivity contribution < 1.29 is 14.3 Å². The summed E-state index contributed by atoms with van der Waals surface area (Å²) in [6, 6.07) is 10.3. The van der Waals surface area contributed by atoms with Crippen molar-refractivity contribution in [2.24, 2.45) is 7.05 Å². The molecular weight excluding hydrogens is 546 g/mol. The van der Waals surface area contributed by atoms with Crippen molar-refractivity contribution in [1.82, 2.24) is 34.8 Å². The van der Waals surface area contributed by atoms with Gasteiger partial charge >= 0.3 is 6.09 Å². The van der Waals surface area contributed by atoms with Crippen LogP contribution in [0.5, 0.6) is 0 Å². The third-order valence-electron chi connectivity index (χ3n) is 8.67. The number of amides is 2. The van der Waals surface area contributed by atoms with Gasteiger partial charge in [-0.3, -0.25) is 14.4 Å². The number of ether oxygens (including phenoxy) is 1. The highest BCUT2D eigenvalue weighted by atomic mass is 16.6. The van der Waals surface area contributed by atoms with Gasteiger partial charge in [0, 0.05) is 101 Å². The van der Waals surface area contributed by atoms with Crippen LogP contribution in [0.2, 0.25) is 0 Å². The highest BCUT2D eigenvalue weighted by molar-refractivity contribution is 5.99. The van der Waals surface area contributed by atoms with Crippen molar-refractivity contribution in [2.75, 3.05) is 70.0 Å². The number of benzene rings is 1. The second kappa shape index (κ2) is 12.6. The Bertz CT molecular complexity index is 1450. The quantitative estimate of drug-likeness (QED) is 0.427. The van der Waals surface area contributed by atoms with E-state index in [-0.39, 0.29) is 30.0 Å². The number of likely N-dealkylation sites (tertiary alicyclic amines) is 1. The standard InChI is InChI=1S/C31H41N9O3/c1-36-10-12-38(13-11-36)18-22-4-3-5-26(14-22)39-9-7-27(21-39)43-31(42)40-8-6-25(20-40)35-30(41)28-15-23(16-33-29(28)32)24-17-34-37(2)19-24/h3-5,14-17,19,25,27H,6-13,18,20-21H2,1-2H3,(H2,32,33)(H,35,41)/t25-,27+/m1/s1. The second-order valence-electron chi connectivity index (χ2n) is 12.0. The van der Waals surface area contributed by atoms with Gasteiger partial charge in [0.25, 0.3) is 5.91 Å². The van der Waals surface area contributed by atoms with E-state index in [1.54, 1.807) is 28.0 Å². The molecule has 3 N–H and O–H groups in total. The summed E-state index contributed by atoms with van der Waals surface area (Å²) in [4.78, 5) is 39.2. The number of rotatable bonds is 7. The Morgan fingerprint density at radius 2 is 1.84 bits per heavy atom.